The molecule has 0 spiro atoms. The highest BCUT2D eigenvalue weighted by Gasteiger charge is 2.28. The van der Waals surface area contributed by atoms with Gasteiger partial charge in [0.2, 0.25) is 0 Å². The lowest BCUT2D eigenvalue weighted by Gasteiger charge is -2.33. The fraction of sp³-hybridized carbons (Fsp3) is 0.561. The molecule has 0 aromatic heterocycles. The van der Waals surface area contributed by atoms with Crippen molar-refractivity contribution in [1.82, 2.24) is 0 Å². The molecule has 0 radical (unpaired) electrons. The molecule has 0 heterocycles. The molecule has 0 unspecified atom stereocenters. The monoisotopic (exact) mass is 552 g/mol. The maximum Gasteiger partial charge on any atom is -0.00986 e. The van der Waals surface area contributed by atoms with Gasteiger partial charge in [-0.3, -0.25) is 0 Å². The van der Waals surface area contributed by atoms with Crippen LogP contribution in [0.5, 0.6) is 0 Å². The first-order valence-electron chi connectivity index (χ1n) is 16.3. The van der Waals surface area contributed by atoms with Gasteiger partial charge in [0.1, 0.15) is 0 Å². The second-order valence-electron chi connectivity index (χ2n) is 16.5. The fourth-order valence-electron chi connectivity index (χ4n) is 7.39. The molecule has 3 aromatic carbocycles. The van der Waals surface area contributed by atoms with Crippen LogP contribution in [-0.2, 0) is 17.3 Å². The summed E-state index contributed by atoms with van der Waals surface area (Å²) in [5.41, 5.74) is 12.1. The van der Waals surface area contributed by atoms with Crippen LogP contribution in [0.4, 0.5) is 0 Å². The lowest BCUT2D eigenvalue weighted by molar-refractivity contribution is 0.283. The van der Waals surface area contributed by atoms with Crippen LogP contribution in [0.3, 0.4) is 0 Å². The zero-order valence-electron chi connectivity index (χ0n) is 28.7. The maximum absolute atomic E-state index is 2.43. The highest BCUT2D eigenvalue weighted by Crippen LogP contribution is 2.41. The van der Waals surface area contributed by atoms with Gasteiger partial charge in [0.25, 0.3) is 0 Å². The van der Waals surface area contributed by atoms with Gasteiger partial charge >= 0.3 is 0 Å². The third kappa shape index (κ3) is 9.33. The number of hydrogen-bond donors (Lipinski definition) is 0. The minimum atomic E-state index is 0.153. The summed E-state index contributed by atoms with van der Waals surface area (Å²) in [4.78, 5) is 0. The van der Waals surface area contributed by atoms with Crippen molar-refractivity contribution in [2.45, 2.75) is 139 Å². The molecule has 0 aliphatic carbocycles. The molecule has 0 saturated heterocycles. The maximum atomic E-state index is 2.43. The largest absolute Gasteiger partial charge is 0.0654 e. The average Bonchev–Trinajstić information content (AvgIpc) is 2.84. The van der Waals surface area contributed by atoms with Crippen molar-refractivity contribution in [3.63, 3.8) is 0 Å². The van der Waals surface area contributed by atoms with E-state index in [4.69, 9.17) is 0 Å². The van der Waals surface area contributed by atoms with Gasteiger partial charge in [0, 0.05) is 0 Å². The minimum absolute atomic E-state index is 0.153. The lowest BCUT2D eigenvalue weighted by atomic mass is 9.72. The van der Waals surface area contributed by atoms with E-state index in [0.717, 1.165) is 6.42 Å². The molecule has 0 atom stereocenters. The predicted octanol–water partition coefficient (Wildman–Crippen LogP) is 12.9. The van der Waals surface area contributed by atoms with Crippen molar-refractivity contribution in [3.8, 4) is 22.3 Å². The molecule has 0 N–H and O–H groups in total. The Morgan fingerprint density at radius 3 is 1.24 bits per heavy atom. The molecular formula is C41H60. The smallest absolute Gasteiger partial charge is 0.00986 e. The van der Waals surface area contributed by atoms with E-state index in [2.05, 4.69) is 144 Å². The van der Waals surface area contributed by atoms with E-state index in [0.29, 0.717) is 10.8 Å². The first-order chi connectivity index (χ1) is 18.9. The van der Waals surface area contributed by atoms with Gasteiger partial charge in [0.15, 0.2) is 0 Å². The molecule has 224 valence electrons. The van der Waals surface area contributed by atoms with E-state index >= 15 is 0 Å². The summed E-state index contributed by atoms with van der Waals surface area (Å²) in [6, 6.07) is 23.9. The van der Waals surface area contributed by atoms with Crippen LogP contribution < -0.4 is 0 Å². The van der Waals surface area contributed by atoms with Gasteiger partial charge in [-0.15, -0.1) is 0 Å². The number of rotatable bonds is 11. The van der Waals surface area contributed by atoms with E-state index in [-0.39, 0.29) is 10.8 Å². The summed E-state index contributed by atoms with van der Waals surface area (Å²) in [5, 5.41) is 0. The van der Waals surface area contributed by atoms with Crippen molar-refractivity contribution >= 4 is 0 Å². The van der Waals surface area contributed by atoms with Crippen molar-refractivity contribution in [1.29, 1.82) is 0 Å². The van der Waals surface area contributed by atoms with Crippen LogP contribution in [0.25, 0.3) is 22.3 Å². The molecule has 0 heteroatoms. The number of hydrogen-bond acceptors (Lipinski definition) is 0. The third-order valence-electron chi connectivity index (χ3n) is 8.57. The molecule has 41 heavy (non-hydrogen) atoms. The molecular weight excluding hydrogens is 492 g/mol. The van der Waals surface area contributed by atoms with Crippen LogP contribution in [0.2, 0.25) is 0 Å². The van der Waals surface area contributed by atoms with E-state index in [1.807, 2.05) is 0 Å². The summed E-state index contributed by atoms with van der Waals surface area (Å²) in [5.74, 6) is 0. The van der Waals surface area contributed by atoms with Gasteiger partial charge in [-0.25, -0.2) is 0 Å². The Bertz CT molecular complexity index is 1160. The second kappa shape index (κ2) is 12.9. The molecule has 0 aliphatic rings. The van der Waals surface area contributed by atoms with Gasteiger partial charge in [-0.1, -0.05) is 156 Å². The molecule has 3 aromatic rings. The summed E-state index contributed by atoms with van der Waals surface area (Å²) >= 11 is 0. The Hall–Kier alpha value is -2.34. The summed E-state index contributed by atoms with van der Waals surface area (Å²) in [7, 11) is 0. The Balaban J connectivity index is 2.05. The third-order valence-corrected chi connectivity index (χ3v) is 8.57. The number of benzene rings is 3. The zero-order valence-corrected chi connectivity index (χ0v) is 28.7. The van der Waals surface area contributed by atoms with E-state index < -0.39 is 0 Å². The standard InChI is InChI=1S/C41H60/c1-13-14-15-16-17-35-36(31-18-22-33(23-19-31)40(9,10)28-38(3,4)5)26-30(2)27-37(35)32-20-24-34(25-21-32)41(11,12)29-39(6,7)8/h18-27H,13-17,28-29H2,1-12H3. The summed E-state index contributed by atoms with van der Waals surface area (Å²) < 4.78 is 0. The molecule has 0 aliphatic heterocycles. The second-order valence-corrected chi connectivity index (χ2v) is 16.5. The highest BCUT2D eigenvalue weighted by atomic mass is 14.3. The summed E-state index contributed by atoms with van der Waals surface area (Å²) in [6.07, 6.45) is 8.57. The average molecular weight is 553 g/mol. The van der Waals surface area contributed by atoms with Gasteiger partial charge < -0.3 is 0 Å². The Kier molecular flexibility index (Phi) is 10.4. The lowest BCUT2D eigenvalue weighted by Crippen LogP contribution is -2.24. The van der Waals surface area contributed by atoms with Crippen molar-refractivity contribution < 1.29 is 0 Å². The molecule has 0 nitrogen and oxygen atoms in total. The van der Waals surface area contributed by atoms with Gasteiger partial charge in [0.05, 0.1) is 0 Å². The zero-order chi connectivity index (χ0) is 30.6. The molecule has 0 amide bonds. The van der Waals surface area contributed by atoms with Crippen LogP contribution in [0.1, 0.15) is 137 Å². The normalized spacial score (nSPS) is 13.1. The van der Waals surface area contributed by atoms with E-state index in [1.54, 1.807) is 0 Å². The molecule has 0 bridgehead atoms. The number of aryl methyl sites for hydroxylation is 1. The molecule has 3 rings (SSSR count). The van der Waals surface area contributed by atoms with Gasteiger partial charge in [-0.05, 0) is 98.8 Å². The van der Waals surface area contributed by atoms with Crippen LogP contribution >= 0.6 is 0 Å². The Labute approximate surface area is 254 Å². The van der Waals surface area contributed by atoms with Crippen LogP contribution in [0, 0.1) is 17.8 Å². The quantitative estimate of drug-likeness (QED) is 0.207. The Morgan fingerprint density at radius 2 is 0.902 bits per heavy atom. The number of unbranched alkanes of at least 4 members (excludes halogenated alkanes) is 3. The minimum Gasteiger partial charge on any atom is -0.0654 e. The van der Waals surface area contributed by atoms with E-state index in [1.165, 1.54) is 83.0 Å². The first-order valence-corrected chi connectivity index (χ1v) is 16.3. The molecule has 0 saturated carbocycles. The van der Waals surface area contributed by atoms with Crippen LogP contribution in [-0.4, -0.2) is 0 Å². The predicted molar refractivity (Wildman–Crippen MR) is 184 cm³/mol. The topological polar surface area (TPSA) is 0 Å². The van der Waals surface area contributed by atoms with E-state index in [9.17, 15) is 0 Å². The van der Waals surface area contributed by atoms with Gasteiger partial charge in [-0.2, -0.15) is 0 Å². The first kappa shape index (κ1) is 33.2. The fourth-order valence-corrected chi connectivity index (χ4v) is 7.39. The highest BCUT2D eigenvalue weighted by molar-refractivity contribution is 5.80. The summed E-state index contributed by atoms with van der Waals surface area (Å²) in [6.45, 7) is 28.2. The van der Waals surface area contributed by atoms with Crippen molar-refractivity contribution in [2.75, 3.05) is 0 Å². The van der Waals surface area contributed by atoms with Crippen LogP contribution in [0.15, 0.2) is 60.7 Å². The SMILES string of the molecule is CCCCCCc1c(-c2ccc(C(C)(C)CC(C)(C)C)cc2)cc(C)cc1-c1ccc(C(C)(C)CC(C)(C)C)cc1. The van der Waals surface area contributed by atoms with Crippen molar-refractivity contribution in [3.05, 3.63) is 82.9 Å². The Morgan fingerprint density at radius 1 is 0.512 bits per heavy atom. The molecule has 0 fully saturated rings. The van der Waals surface area contributed by atoms with Crippen molar-refractivity contribution in [2.24, 2.45) is 10.8 Å².